The Balaban J connectivity index is 1.73. The van der Waals surface area contributed by atoms with Gasteiger partial charge in [0.25, 0.3) is 5.91 Å². The number of urea groups is 1. The lowest BCUT2D eigenvalue weighted by atomic mass is 9.95. The summed E-state index contributed by atoms with van der Waals surface area (Å²) in [6.45, 7) is 2.95. The third-order valence-electron chi connectivity index (χ3n) is 4.29. The highest BCUT2D eigenvalue weighted by Crippen LogP contribution is 2.23. The van der Waals surface area contributed by atoms with Crippen LogP contribution in [0, 0.1) is 0 Å². The fourth-order valence-electron chi connectivity index (χ4n) is 2.51. The quantitative estimate of drug-likeness (QED) is 0.635. The molecule has 0 unspecified atom stereocenters. The van der Waals surface area contributed by atoms with Gasteiger partial charge in [-0.25, -0.2) is 17.9 Å². The molecule has 0 radical (unpaired) electrons. The first kappa shape index (κ1) is 18.8. The summed E-state index contributed by atoms with van der Waals surface area (Å²) in [5.74, 6) is 0.439. The van der Waals surface area contributed by atoms with Gasteiger partial charge in [-0.3, -0.25) is 15.1 Å². The second-order valence-electron chi connectivity index (χ2n) is 6.21. The first-order valence-corrected chi connectivity index (χ1v) is 9.53. The van der Waals surface area contributed by atoms with Crippen molar-refractivity contribution in [1.29, 1.82) is 0 Å². The number of sulfonamides is 1. The van der Waals surface area contributed by atoms with Gasteiger partial charge < -0.3 is 10.1 Å². The lowest BCUT2D eigenvalue weighted by molar-refractivity contribution is -0.124. The molecule has 3 amide bonds. The number of amides is 3. The van der Waals surface area contributed by atoms with E-state index in [9.17, 15) is 18.0 Å². The van der Waals surface area contributed by atoms with Gasteiger partial charge in [-0.15, -0.1) is 0 Å². The van der Waals surface area contributed by atoms with E-state index in [1.165, 1.54) is 38.1 Å². The van der Waals surface area contributed by atoms with Gasteiger partial charge in [0.1, 0.15) is 17.0 Å². The van der Waals surface area contributed by atoms with Crippen molar-refractivity contribution in [2.24, 2.45) is 0 Å². The first-order chi connectivity index (χ1) is 12.7. The Hall–Kier alpha value is -2.98. The molecule has 0 bridgehead atoms. The number of nitrogens with one attached hydrogen (secondary N) is 3. The molecule has 142 valence electrons. The van der Waals surface area contributed by atoms with Crippen molar-refractivity contribution in [3.63, 3.8) is 0 Å². The number of imide groups is 1. The van der Waals surface area contributed by atoms with Gasteiger partial charge in [0, 0.05) is 12.4 Å². The summed E-state index contributed by atoms with van der Waals surface area (Å²) in [4.78, 5) is 27.2. The molecule has 1 aliphatic heterocycles. The Morgan fingerprint density at radius 1 is 1.07 bits per heavy atom. The summed E-state index contributed by atoms with van der Waals surface area (Å²) >= 11 is 0. The van der Waals surface area contributed by atoms with Crippen LogP contribution in [0.5, 0.6) is 11.5 Å². The maximum absolute atomic E-state index is 12.6. The standard InChI is InChI=1S/C17H18N4O5S/c1-11(17(2)15(22)19-16(23)20-17)21-27(24,25)14-5-3-12(4-6-14)26-13-7-9-18-10-8-13/h3-11,21H,1-2H3,(H2,19,20,22,23)/t11-,17+/m1/s1. The minimum atomic E-state index is -3.91. The summed E-state index contributed by atoms with van der Waals surface area (Å²) in [5.41, 5.74) is -1.38. The number of carbonyl (C=O) groups excluding carboxylic acids is 2. The summed E-state index contributed by atoms with van der Waals surface area (Å²) < 4.78 is 33.2. The van der Waals surface area contributed by atoms with Crippen molar-refractivity contribution in [3.8, 4) is 11.5 Å². The molecule has 1 aromatic carbocycles. The van der Waals surface area contributed by atoms with Crippen LogP contribution >= 0.6 is 0 Å². The molecule has 3 rings (SSSR count). The molecule has 0 spiro atoms. The number of aromatic nitrogens is 1. The molecule has 3 N–H and O–H groups in total. The maximum Gasteiger partial charge on any atom is 0.322 e. The minimum absolute atomic E-state index is 0.00441. The maximum atomic E-state index is 12.6. The SMILES string of the molecule is C[C@@H](NS(=O)(=O)c1ccc(Oc2ccncc2)cc1)[C@]1(C)NC(=O)NC1=O. The Bertz CT molecular complexity index is 963. The van der Waals surface area contributed by atoms with E-state index in [2.05, 4.69) is 20.3 Å². The number of nitrogens with zero attached hydrogens (tertiary/aromatic N) is 1. The van der Waals surface area contributed by atoms with Gasteiger partial charge in [0.15, 0.2) is 0 Å². The molecule has 2 atom stereocenters. The molecule has 2 aromatic rings. The molecule has 10 heteroatoms. The van der Waals surface area contributed by atoms with Crippen molar-refractivity contribution in [2.45, 2.75) is 30.3 Å². The van der Waals surface area contributed by atoms with Gasteiger partial charge >= 0.3 is 6.03 Å². The monoisotopic (exact) mass is 390 g/mol. The lowest BCUT2D eigenvalue weighted by Crippen LogP contribution is -2.59. The summed E-state index contributed by atoms with van der Waals surface area (Å²) in [6, 6.07) is 7.64. The van der Waals surface area contributed by atoms with Crippen LogP contribution in [0.1, 0.15) is 13.8 Å². The summed E-state index contributed by atoms with van der Waals surface area (Å²) in [6.07, 6.45) is 3.16. The van der Waals surface area contributed by atoms with Crippen LogP contribution in [0.25, 0.3) is 0 Å². The molecule has 0 saturated carbocycles. The average molecular weight is 390 g/mol. The zero-order valence-corrected chi connectivity index (χ0v) is 15.4. The van der Waals surface area contributed by atoms with E-state index in [1.807, 2.05) is 0 Å². The summed E-state index contributed by atoms with van der Waals surface area (Å²) in [7, 11) is -3.91. The molecule has 1 saturated heterocycles. The topological polar surface area (TPSA) is 126 Å². The Kier molecular flexibility index (Phi) is 4.85. The lowest BCUT2D eigenvalue weighted by Gasteiger charge is -2.28. The van der Waals surface area contributed by atoms with E-state index >= 15 is 0 Å². The Morgan fingerprint density at radius 3 is 2.22 bits per heavy atom. The van der Waals surface area contributed by atoms with Crippen molar-refractivity contribution in [1.82, 2.24) is 20.3 Å². The number of carbonyl (C=O) groups is 2. The fourth-order valence-corrected chi connectivity index (χ4v) is 3.84. The molecular formula is C17H18N4O5S. The minimum Gasteiger partial charge on any atom is -0.457 e. The van der Waals surface area contributed by atoms with E-state index in [-0.39, 0.29) is 4.90 Å². The number of ether oxygens (including phenoxy) is 1. The second kappa shape index (κ2) is 6.97. The number of hydrogen-bond acceptors (Lipinski definition) is 6. The van der Waals surface area contributed by atoms with Crippen molar-refractivity contribution in [2.75, 3.05) is 0 Å². The number of rotatable bonds is 6. The molecule has 1 aromatic heterocycles. The van der Waals surface area contributed by atoms with Crippen LogP contribution in [0.2, 0.25) is 0 Å². The fraction of sp³-hybridized carbons (Fsp3) is 0.235. The van der Waals surface area contributed by atoms with Crippen molar-refractivity contribution < 1.29 is 22.7 Å². The van der Waals surface area contributed by atoms with Gasteiger partial charge in [-0.1, -0.05) is 0 Å². The third-order valence-corrected chi connectivity index (χ3v) is 5.85. The molecule has 0 aliphatic carbocycles. The predicted octanol–water partition coefficient (Wildman–Crippen LogP) is 1.14. The van der Waals surface area contributed by atoms with Crippen LogP contribution in [0.4, 0.5) is 4.79 Å². The molecule has 27 heavy (non-hydrogen) atoms. The van der Waals surface area contributed by atoms with Crippen LogP contribution < -0.4 is 20.1 Å². The van der Waals surface area contributed by atoms with Crippen LogP contribution in [0.3, 0.4) is 0 Å². The van der Waals surface area contributed by atoms with Gasteiger partial charge in [0.05, 0.1) is 10.9 Å². The average Bonchev–Trinajstić information content (AvgIpc) is 2.89. The Morgan fingerprint density at radius 2 is 1.67 bits per heavy atom. The molecule has 1 fully saturated rings. The van der Waals surface area contributed by atoms with Gasteiger partial charge in [0.2, 0.25) is 10.0 Å². The molecular weight excluding hydrogens is 372 g/mol. The van der Waals surface area contributed by atoms with Crippen LogP contribution in [-0.4, -0.2) is 36.9 Å². The summed E-state index contributed by atoms with van der Waals surface area (Å²) in [5, 5.41) is 4.54. The normalized spacial score (nSPS) is 20.7. The zero-order valence-electron chi connectivity index (χ0n) is 14.6. The predicted molar refractivity (Wildman–Crippen MR) is 95.6 cm³/mol. The second-order valence-corrected chi connectivity index (χ2v) is 7.92. The highest BCUT2D eigenvalue weighted by molar-refractivity contribution is 7.89. The van der Waals surface area contributed by atoms with Gasteiger partial charge in [-0.05, 0) is 50.2 Å². The van der Waals surface area contributed by atoms with Gasteiger partial charge in [-0.2, -0.15) is 0 Å². The van der Waals surface area contributed by atoms with Crippen LogP contribution in [-0.2, 0) is 14.8 Å². The molecule has 1 aliphatic rings. The molecule has 2 heterocycles. The largest absolute Gasteiger partial charge is 0.457 e. The van der Waals surface area contributed by atoms with E-state index < -0.39 is 33.5 Å². The highest BCUT2D eigenvalue weighted by Gasteiger charge is 2.47. The number of hydrogen-bond donors (Lipinski definition) is 3. The number of benzene rings is 1. The van der Waals surface area contributed by atoms with E-state index in [0.717, 1.165) is 0 Å². The third kappa shape index (κ3) is 3.91. The highest BCUT2D eigenvalue weighted by atomic mass is 32.2. The van der Waals surface area contributed by atoms with Crippen LogP contribution in [0.15, 0.2) is 53.7 Å². The Labute approximate surface area is 156 Å². The molecule has 9 nitrogen and oxygen atoms in total. The van der Waals surface area contributed by atoms with Crippen molar-refractivity contribution in [3.05, 3.63) is 48.8 Å². The van der Waals surface area contributed by atoms with Crippen molar-refractivity contribution >= 4 is 22.0 Å². The number of pyridine rings is 1. The smallest absolute Gasteiger partial charge is 0.322 e. The zero-order chi connectivity index (χ0) is 19.7. The van der Waals surface area contributed by atoms with E-state index in [4.69, 9.17) is 4.74 Å². The van der Waals surface area contributed by atoms with E-state index in [0.29, 0.717) is 11.5 Å². The first-order valence-electron chi connectivity index (χ1n) is 8.04. The van der Waals surface area contributed by atoms with E-state index in [1.54, 1.807) is 24.5 Å².